The zero-order valence-corrected chi connectivity index (χ0v) is 15.9. The van der Waals surface area contributed by atoms with E-state index in [0.29, 0.717) is 17.1 Å². The van der Waals surface area contributed by atoms with E-state index in [2.05, 4.69) is 0 Å². The molecule has 0 N–H and O–H groups in total. The van der Waals surface area contributed by atoms with Gasteiger partial charge in [0.25, 0.3) is 5.69 Å². The van der Waals surface area contributed by atoms with Crippen molar-refractivity contribution >= 4 is 17.5 Å². The van der Waals surface area contributed by atoms with Gasteiger partial charge in [0.15, 0.2) is 5.76 Å². The van der Waals surface area contributed by atoms with Crippen LogP contribution in [-0.2, 0) is 6.61 Å². The minimum atomic E-state index is -0.445. The summed E-state index contributed by atoms with van der Waals surface area (Å²) in [6.07, 6.45) is 5.32. The highest BCUT2D eigenvalue weighted by Crippen LogP contribution is 2.34. The summed E-state index contributed by atoms with van der Waals surface area (Å²) in [5.41, 5.74) is 2.34. The molecule has 0 amide bonds. The largest absolute Gasteiger partial charge is 0.489 e. The highest BCUT2D eigenvalue weighted by molar-refractivity contribution is 6.12. The fourth-order valence-corrected chi connectivity index (χ4v) is 2.96. The van der Waals surface area contributed by atoms with E-state index in [9.17, 15) is 14.9 Å². The van der Waals surface area contributed by atoms with Crippen LogP contribution >= 0.6 is 0 Å². The lowest BCUT2D eigenvalue weighted by Crippen LogP contribution is -1.97. The van der Waals surface area contributed by atoms with Crippen LogP contribution < -0.4 is 9.47 Å². The lowest BCUT2D eigenvalue weighted by molar-refractivity contribution is -0.384. The van der Waals surface area contributed by atoms with Crippen molar-refractivity contribution in [2.45, 2.75) is 6.61 Å². The van der Waals surface area contributed by atoms with Crippen LogP contribution in [0.3, 0.4) is 0 Å². The number of allylic oxidation sites excluding steroid dienone is 3. The van der Waals surface area contributed by atoms with Gasteiger partial charge in [0.05, 0.1) is 10.5 Å². The summed E-state index contributed by atoms with van der Waals surface area (Å²) >= 11 is 0. The number of nitro groups is 1. The van der Waals surface area contributed by atoms with Crippen LogP contribution in [0.25, 0.3) is 6.08 Å². The van der Waals surface area contributed by atoms with Crippen molar-refractivity contribution in [3.8, 4) is 11.5 Å². The van der Waals surface area contributed by atoms with Crippen molar-refractivity contribution in [2.75, 3.05) is 0 Å². The van der Waals surface area contributed by atoms with Crippen LogP contribution in [0.4, 0.5) is 5.69 Å². The van der Waals surface area contributed by atoms with Crippen LogP contribution in [0.15, 0.2) is 90.7 Å². The molecule has 0 radical (unpaired) electrons. The second-order valence-corrected chi connectivity index (χ2v) is 6.60. The molecule has 0 saturated carbocycles. The van der Waals surface area contributed by atoms with Gasteiger partial charge in [-0.3, -0.25) is 14.9 Å². The van der Waals surface area contributed by atoms with Gasteiger partial charge in [0.2, 0.25) is 5.78 Å². The predicted molar refractivity (Wildman–Crippen MR) is 112 cm³/mol. The van der Waals surface area contributed by atoms with Crippen LogP contribution in [0, 0.1) is 10.1 Å². The number of nitrogens with zero attached hydrogens (tertiary/aromatic N) is 1. The molecule has 3 aromatic rings. The Morgan fingerprint density at radius 3 is 2.50 bits per heavy atom. The van der Waals surface area contributed by atoms with E-state index in [4.69, 9.17) is 9.47 Å². The van der Waals surface area contributed by atoms with Gasteiger partial charge in [0.1, 0.15) is 18.1 Å². The van der Waals surface area contributed by atoms with Gasteiger partial charge in [-0.2, -0.15) is 0 Å². The standard InChI is InChI=1S/C24H17NO5/c26-24-21-14-13-20(29-16-18-9-11-19(12-10-18)25(27)28)15-23(21)30-22(24)8-4-7-17-5-2-1-3-6-17/h1-15H,16H2. The molecule has 0 aromatic heterocycles. The zero-order valence-electron chi connectivity index (χ0n) is 15.9. The Kier molecular flexibility index (Phi) is 5.39. The molecule has 0 aliphatic carbocycles. The van der Waals surface area contributed by atoms with Crippen LogP contribution in [0.5, 0.6) is 11.5 Å². The van der Waals surface area contributed by atoms with E-state index in [-0.39, 0.29) is 23.8 Å². The molecule has 1 heterocycles. The lowest BCUT2D eigenvalue weighted by atomic mass is 10.1. The molecule has 0 spiro atoms. The van der Waals surface area contributed by atoms with Crippen molar-refractivity contribution in [2.24, 2.45) is 0 Å². The number of Topliss-reactive ketones (excluding diaryl/α,β-unsaturated/α-hetero) is 1. The van der Waals surface area contributed by atoms with Crippen molar-refractivity contribution < 1.29 is 19.2 Å². The van der Waals surface area contributed by atoms with Crippen molar-refractivity contribution in [1.82, 2.24) is 0 Å². The number of nitro benzene ring substituents is 1. The minimum Gasteiger partial charge on any atom is -0.489 e. The maximum absolute atomic E-state index is 12.5. The highest BCUT2D eigenvalue weighted by Gasteiger charge is 2.27. The number of non-ortho nitro benzene ring substituents is 1. The van der Waals surface area contributed by atoms with E-state index in [1.165, 1.54) is 12.1 Å². The molecule has 0 atom stereocenters. The molecular weight excluding hydrogens is 382 g/mol. The fraction of sp³-hybridized carbons (Fsp3) is 0.0417. The number of carbonyl (C=O) groups excluding carboxylic acids is 1. The van der Waals surface area contributed by atoms with Gasteiger partial charge >= 0.3 is 0 Å². The topological polar surface area (TPSA) is 78.7 Å². The van der Waals surface area contributed by atoms with Crippen molar-refractivity contribution in [1.29, 1.82) is 0 Å². The summed E-state index contributed by atoms with van der Waals surface area (Å²) in [5.74, 6) is 1.07. The molecule has 6 heteroatoms. The summed E-state index contributed by atoms with van der Waals surface area (Å²) in [7, 11) is 0. The first-order valence-electron chi connectivity index (χ1n) is 9.26. The highest BCUT2D eigenvalue weighted by atomic mass is 16.6. The smallest absolute Gasteiger partial charge is 0.269 e. The summed E-state index contributed by atoms with van der Waals surface area (Å²) in [4.78, 5) is 22.8. The van der Waals surface area contributed by atoms with Gasteiger partial charge in [-0.05, 0) is 41.5 Å². The summed E-state index contributed by atoms with van der Waals surface area (Å²) < 4.78 is 11.4. The third-order valence-electron chi connectivity index (χ3n) is 4.53. The molecule has 6 nitrogen and oxygen atoms in total. The van der Waals surface area contributed by atoms with Gasteiger partial charge in [0, 0.05) is 18.2 Å². The third kappa shape index (κ3) is 4.28. The monoisotopic (exact) mass is 399 g/mol. The van der Waals surface area contributed by atoms with E-state index in [1.54, 1.807) is 42.5 Å². The fourth-order valence-electron chi connectivity index (χ4n) is 2.96. The second kappa shape index (κ2) is 8.45. The second-order valence-electron chi connectivity index (χ2n) is 6.60. The lowest BCUT2D eigenvalue weighted by Gasteiger charge is -2.07. The number of hydrogen-bond acceptors (Lipinski definition) is 5. The molecule has 1 aliphatic rings. The molecule has 0 bridgehead atoms. The Bertz CT molecular complexity index is 1150. The molecule has 0 unspecified atom stereocenters. The van der Waals surface area contributed by atoms with Gasteiger partial charge in [-0.1, -0.05) is 42.5 Å². The number of benzene rings is 3. The van der Waals surface area contributed by atoms with E-state index in [1.807, 2.05) is 36.4 Å². The quantitative estimate of drug-likeness (QED) is 0.317. The maximum atomic E-state index is 12.5. The first kappa shape index (κ1) is 19.1. The third-order valence-corrected chi connectivity index (χ3v) is 4.53. The van der Waals surface area contributed by atoms with Crippen molar-refractivity contribution in [3.63, 3.8) is 0 Å². The Labute approximate surface area is 172 Å². The van der Waals surface area contributed by atoms with Crippen molar-refractivity contribution in [3.05, 3.63) is 118 Å². The Morgan fingerprint density at radius 2 is 1.77 bits per heavy atom. The van der Waals surface area contributed by atoms with Gasteiger partial charge in [-0.15, -0.1) is 0 Å². The molecule has 4 rings (SSSR count). The van der Waals surface area contributed by atoms with Crippen LogP contribution in [0.2, 0.25) is 0 Å². The van der Waals surface area contributed by atoms with E-state index >= 15 is 0 Å². The zero-order chi connectivity index (χ0) is 20.9. The molecule has 3 aromatic carbocycles. The van der Waals surface area contributed by atoms with E-state index < -0.39 is 4.92 Å². The Balaban J connectivity index is 1.42. The number of carbonyl (C=O) groups is 1. The Morgan fingerprint density at radius 1 is 1.00 bits per heavy atom. The summed E-state index contributed by atoms with van der Waals surface area (Å²) in [5, 5.41) is 10.7. The predicted octanol–water partition coefficient (Wildman–Crippen LogP) is 5.35. The number of ketones is 1. The van der Waals surface area contributed by atoms with E-state index in [0.717, 1.165) is 11.1 Å². The van der Waals surface area contributed by atoms with Gasteiger partial charge in [-0.25, -0.2) is 0 Å². The maximum Gasteiger partial charge on any atom is 0.269 e. The Hall–Kier alpha value is -4.19. The first-order chi connectivity index (χ1) is 14.6. The number of hydrogen-bond donors (Lipinski definition) is 0. The molecular formula is C24H17NO5. The number of fused-ring (bicyclic) bond motifs is 1. The number of ether oxygens (including phenoxy) is 2. The number of rotatable bonds is 6. The van der Waals surface area contributed by atoms with Gasteiger partial charge < -0.3 is 9.47 Å². The van der Waals surface area contributed by atoms with Crippen LogP contribution in [0.1, 0.15) is 21.5 Å². The first-order valence-corrected chi connectivity index (χ1v) is 9.26. The normalized spacial score (nSPS) is 14.0. The summed E-state index contributed by atoms with van der Waals surface area (Å²) in [6, 6.07) is 21.0. The average molecular weight is 399 g/mol. The molecule has 148 valence electrons. The summed E-state index contributed by atoms with van der Waals surface area (Å²) in [6.45, 7) is 0.243. The SMILES string of the molecule is O=C1C(=CC=Cc2ccccc2)Oc2cc(OCc3ccc([N+](=O)[O-])cc3)ccc21. The van der Waals surface area contributed by atoms with Crippen LogP contribution in [-0.4, -0.2) is 10.7 Å². The molecule has 0 fully saturated rings. The average Bonchev–Trinajstić information content (AvgIpc) is 3.08. The minimum absolute atomic E-state index is 0.0313. The molecule has 30 heavy (non-hydrogen) atoms. The molecule has 0 saturated heterocycles. The molecule has 1 aliphatic heterocycles.